The second kappa shape index (κ2) is 5.27. The van der Waals surface area contributed by atoms with Gasteiger partial charge in [0.1, 0.15) is 0 Å². The van der Waals surface area contributed by atoms with Crippen LogP contribution in [0.1, 0.15) is 13.3 Å². The number of fused-ring (bicyclic) bond motifs is 1. The van der Waals surface area contributed by atoms with Crippen molar-refractivity contribution in [1.82, 2.24) is 4.98 Å². The van der Waals surface area contributed by atoms with Crippen LogP contribution < -0.4 is 10.7 Å². The van der Waals surface area contributed by atoms with Crippen molar-refractivity contribution in [2.45, 2.75) is 13.3 Å². The second-order valence-electron chi connectivity index (χ2n) is 4.38. The minimum Gasteiger partial charge on any atom is -0.408 e. The van der Waals surface area contributed by atoms with Crippen LogP contribution in [-0.2, 0) is 4.79 Å². The van der Waals surface area contributed by atoms with Crippen molar-refractivity contribution < 1.29 is 14.3 Å². The molecule has 0 aliphatic rings. The standard InChI is InChI=1S/C13H16N2O4/c1-3-8(7-16)12(17)15(2)9-4-5-10-11(6-9)19-13(18)14-10/h4-6,8,16H,3,7H2,1-2H3,(H,14,18). The Morgan fingerprint density at radius 3 is 2.89 bits per heavy atom. The van der Waals surface area contributed by atoms with Gasteiger partial charge in [0.05, 0.1) is 18.0 Å². The number of anilines is 1. The second-order valence-corrected chi connectivity index (χ2v) is 4.38. The van der Waals surface area contributed by atoms with Gasteiger partial charge in [0.15, 0.2) is 5.58 Å². The predicted molar refractivity (Wildman–Crippen MR) is 71.1 cm³/mol. The number of amides is 1. The predicted octanol–water partition coefficient (Wildman–Crippen LogP) is 1.10. The number of H-pyrrole nitrogens is 1. The van der Waals surface area contributed by atoms with Crippen LogP contribution in [0.15, 0.2) is 27.4 Å². The molecule has 0 spiro atoms. The molecule has 19 heavy (non-hydrogen) atoms. The van der Waals surface area contributed by atoms with Gasteiger partial charge in [-0.2, -0.15) is 0 Å². The van der Waals surface area contributed by atoms with E-state index in [0.29, 0.717) is 23.2 Å². The Morgan fingerprint density at radius 2 is 2.26 bits per heavy atom. The number of aromatic nitrogens is 1. The first-order chi connectivity index (χ1) is 9.06. The Bertz CT molecular complexity index is 639. The lowest BCUT2D eigenvalue weighted by atomic mass is 10.1. The fourth-order valence-electron chi connectivity index (χ4n) is 1.93. The summed E-state index contributed by atoms with van der Waals surface area (Å²) in [7, 11) is 1.63. The number of oxazole rings is 1. The summed E-state index contributed by atoms with van der Waals surface area (Å²) in [4.78, 5) is 27.2. The summed E-state index contributed by atoms with van der Waals surface area (Å²) in [5, 5.41) is 9.15. The fraction of sp³-hybridized carbons (Fsp3) is 0.385. The Labute approximate surface area is 109 Å². The van der Waals surface area contributed by atoms with Crippen molar-refractivity contribution in [3.63, 3.8) is 0 Å². The Balaban J connectivity index is 2.32. The molecule has 0 aliphatic heterocycles. The van der Waals surface area contributed by atoms with Gasteiger partial charge in [0.2, 0.25) is 5.91 Å². The van der Waals surface area contributed by atoms with E-state index in [-0.39, 0.29) is 12.5 Å². The van der Waals surface area contributed by atoms with E-state index in [1.807, 2.05) is 6.92 Å². The number of hydrogen-bond acceptors (Lipinski definition) is 4. The van der Waals surface area contributed by atoms with Crippen molar-refractivity contribution in [1.29, 1.82) is 0 Å². The minimum atomic E-state index is -0.525. The van der Waals surface area contributed by atoms with Crippen molar-refractivity contribution >= 4 is 22.7 Å². The van der Waals surface area contributed by atoms with Gasteiger partial charge in [0.25, 0.3) is 0 Å². The molecule has 0 aliphatic carbocycles. The smallest absolute Gasteiger partial charge is 0.408 e. The SMILES string of the molecule is CCC(CO)C(=O)N(C)c1ccc2[nH]c(=O)oc2c1. The Morgan fingerprint density at radius 1 is 1.53 bits per heavy atom. The van der Waals surface area contributed by atoms with E-state index >= 15 is 0 Å². The summed E-state index contributed by atoms with van der Waals surface area (Å²) in [5.41, 5.74) is 1.61. The highest BCUT2D eigenvalue weighted by molar-refractivity contribution is 5.96. The number of nitrogens with zero attached hydrogens (tertiary/aromatic N) is 1. The highest BCUT2D eigenvalue weighted by atomic mass is 16.4. The van der Waals surface area contributed by atoms with E-state index in [1.54, 1.807) is 25.2 Å². The number of rotatable bonds is 4. The molecule has 1 aromatic heterocycles. The fourth-order valence-corrected chi connectivity index (χ4v) is 1.93. The van der Waals surface area contributed by atoms with E-state index in [2.05, 4.69) is 4.98 Å². The molecule has 2 aromatic rings. The maximum absolute atomic E-state index is 12.1. The number of hydrogen-bond donors (Lipinski definition) is 2. The zero-order chi connectivity index (χ0) is 14.0. The molecule has 102 valence electrons. The van der Waals surface area contributed by atoms with Crippen LogP contribution in [0.25, 0.3) is 11.1 Å². The van der Waals surface area contributed by atoms with Gasteiger partial charge in [-0.25, -0.2) is 4.79 Å². The van der Waals surface area contributed by atoms with E-state index < -0.39 is 11.7 Å². The summed E-state index contributed by atoms with van der Waals surface area (Å²) in [6.45, 7) is 1.67. The van der Waals surface area contributed by atoms with Gasteiger partial charge in [-0.1, -0.05) is 6.92 Å². The van der Waals surface area contributed by atoms with Crippen LogP contribution in [0.2, 0.25) is 0 Å². The molecule has 1 atom stereocenters. The van der Waals surface area contributed by atoms with Crippen LogP contribution in [0.3, 0.4) is 0 Å². The van der Waals surface area contributed by atoms with Crippen LogP contribution >= 0.6 is 0 Å². The molecule has 6 nitrogen and oxygen atoms in total. The molecule has 1 heterocycles. The summed E-state index contributed by atoms with van der Waals surface area (Å²) in [5.74, 6) is -1.11. The average molecular weight is 264 g/mol. The van der Waals surface area contributed by atoms with Crippen LogP contribution in [0.5, 0.6) is 0 Å². The van der Waals surface area contributed by atoms with Gasteiger partial charge in [0, 0.05) is 18.8 Å². The third-order valence-electron chi connectivity index (χ3n) is 3.18. The molecule has 0 saturated carbocycles. The van der Waals surface area contributed by atoms with Gasteiger partial charge < -0.3 is 14.4 Å². The minimum absolute atomic E-state index is 0.165. The van der Waals surface area contributed by atoms with Gasteiger partial charge in [-0.15, -0.1) is 0 Å². The first kappa shape index (κ1) is 13.4. The lowest BCUT2D eigenvalue weighted by Gasteiger charge is -2.21. The molecule has 2 N–H and O–H groups in total. The Kier molecular flexibility index (Phi) is 3.71. The topological polar surface area (TPSA) is 86.5 Å². The van der Waals surface area contributed by atoms with E-state index in [9.17, 15) is 9.59 Å². The monoisotopic (exact) mass is 264 g/mol. The first-order valence-corrected chi connectivity index (χ1v) is 6.08. The third-order valence-corrected chi connectivity index (χ3v) is 3.18. The zero-order valence-corrected chi connectivity index (χ0v) is 10.8. The molecular formula is C13H16N2O4. The van der Waals surface area contributed by atoms with E-state index in [1.165, 1.54) is 4.90 Å². The molecule has 1 unspecified atom stereocenters. The lowest BCUT2D eigenvalue weighted by molar-refractivity contribution is -0.123. The summed E-state index contributed by atoms with van der Waals surface area (Å²) >= 11 is 0. The number of aromatic amines is 1. The largest absolute Gasteiger partial charge is 0.417 e. The first-order valence-electron chi connectivity index (χ1n) is 6.08. The number of carbonyl (C=O) groups excluding carboxylic acids is 1. The molecule has 0 fully saturated rings. The number of carbonyl (C=O) groups is 1. The van der Waals surface area contributed by atoms with E-state index in [0.717, 1.165) is 0 Å². The van der Waals surface area contributed by atoms with Crippen molar-refractivity contribution in [3.05, 3.63) is 28.7 Å². The molecule has 1 aromatic carbocycles. The quantitative estimate of drug-likeness (QED) is 0.865. The number of benzene rings is 1. The Hall–Kier alpha value is -2.08. The maximum atomic E-state index is 12.1. The molecule has 0 radical (unpaired) electrons. The van der Waals surface area contributed by atoms with E-state index in [4.69, 9.17) is 9.52 Å². The van der Waals surface area contributed by atoms with Crippen LogP contribution in [0, 0.1) is 5.92 Å². The number of aliphatic hydroxyl groups is 1. The highest BCUT2D eigenvalue weighted by Gasteiger charge is 2.21. The normalized spacial score (nSPS) is 12.6. The van der Waals surface area contributed by atoms with Crippen LogP contribution in [-0.4, -0.2) is 29.7 Å². The number of nitrogens with one attached hydrogen (secondary N) is 1. The van der Waals surface area contributed by atoms with Crippen molar-refractivity contribution in [3.8, 4) is 0 Å². The molecular weight excluding hydrogens is 248 g/mol. The maximum Gasteiger partial charge on any atom is 0.417 e. The summed E-state index contributed by atoms with van der Waals surface area (Å²) < 4.78 is 4.95. The van der Waals surface area contributed by atoms with Crippen LogP contribution in [0.4, 0.5) is 5.69 Å². The van der Waals surface area contributed by atoms with Gasteiger partial charge in [-0.05, 0) is 18.6 Å². The average Bonchev–Trinajstić information content (AvgIpc) is 2.78. The van der Waals surface area contributed by atoms with Crippen molar-refractivity contribution in [2.24, 2.45) is 5.92 Å². The molecule has 0 bridgehead atoms. The molecule has 2 rings (SSSR count). The molecule has 0 saturated heterocycles. The molecule has 1 amide bonds. The summed E-state index contributed by atoms with van der Waals surface area (Å²) in [6, 6.07) is 5.02. The zero-order valence-electron chi connectivity index (χ0n) is 10.8. The summed E-state index contributed by atoms with van der Waals surface area (Å²) in [6.07, 6.45) is 0.571. The number of aliphatic hydroxyl groups excluding tert-OH is 1. The lowest BCUT2D eigenvalue weighted by Crippen LogP contribution is -2.34. The van der Waals surface area contributed by atoms with Crippen molar-refractivity contribution in [2.75, 3.05) is 18.6 Å². The van der Waals surface area contributed by atoms with Gasteiger partial charge in [-0.3, -0.25) is 9.78 Å². The third kappa shape index (κ3) is 2.53. The van der Waals surface area contributed by atoms with Gasteiger partial charge >= 0.3 is 5.76 Å². The highest BCUT2D eigenvalue weighted by Crippen LogP contribution is 2.21. The molecule has 6 heteroatoms.